The third-order valence-electron chi connectivity index (χ3n) is 3.63. The van der Waals surface area contributed by atoms with E-state index in [9.17, 15) is 9.59 Å². The number of aliphatic imine (C=N–C) groups is 1. The van der Waals surface area contributed by atoms with Crippen LogP contribution in [-0.4, -0.2) is 48.4 Å². The molecule has 1 aromatic rings. The predicted molar refractivity (Wildman–Crippen MR) is 128 cm³/mol. The molecule has 8 nitrogen and oxygen atoms in total. The molecule has 9 heteroatoms. The van der Waals surface area contributed by atoms with Gasteiger partial charge in [0.15, 0.2) is 5.96 Å². The quantitative estimate of drug-likeness (QED) is 0.191. The molecule has 1 heterocycles. The Morgan fingerprint density at radius 3 is 2.48 bits per heavy atom. The maximum absolute atomic E-state index is 11.6. The Bertz CT molecular complexity index is 671. The summed E-state index contributed by atoms with van der Waals surface area (Å²) in [4.78, 5) is 27.7. The maximum Gasteiger partial charge on any atom is 0.407 e. The molecule has 0 aliphatic carbocycles. The topological polar surface area (TPSA) is 96.8 Å². The van der Waals surface area contributed by atoms with Crippen molar-refractivity contribution in [2.24, 2.45) is 4.99 Å². The Morgan fingerprint density at radius 1 is 1.10 bits per heavy atom. The van der Waals surface area contributed by atoms with Crippen LogP contribution in [0.5, 0.6) is 0 Å². The summed E-state index contributed by atoms with van der Waals surface area (Å²) < 4.78 is 6.91. The van der Waals surface area contributed by atoms with Gasteiger partial charge in [0, 0.05) is 45.0 Å². The third-order valence-corrected chi connectivity index (χ3v) is 3.63. The van der Waals surface area contributed by atoms with Gasteiger partial charge in [0.25, 0.3) is 0 Å². The van der Waals surface area contributed by atoms with Crippen LogP contribution in [0.4, 0.5) is 4.79 Å². The number of carbonyl (C=O) groups excluding carboxylic acids is 1. The number of unbranched alkanes of at least 4 members (excludes halogenated alkanes) is 1. The number of ether oxygens (including phenoxy) is 1. The van der Waals surface area contributed by atoms with Crippen molar-refractivity contribution in [3.63, 3.8) is 0 Å². The SMILES string of the molecule is CCNC(=NCCCNC(=O)OC(C)(C)C)NCCCCn1ccccc1=O.I. The van der Waals surface area contributed by atoms with Crippen LogP contribution in [0.1, 0.15) is 47.0 Å². The Labute approximate surface area is 190 Å². The van der Waals surface area contributed by atoms with Crippen LogP contribution in [0, 0.1) is 0 Å². The average molecular weight is 521 g/mol. The smallest absolute Gasteiger partial charge is 0.407 e. The van der Waals surface area contributed by atoms with Gasteiger partial charge in [-0.3, -0.25) is 9.79 Å². The zero-order valence-corrected chi connectivity index (χ0v) is 20.3. The Kier molecular flexibility index (Phi) is 14.2. The highest BCUT2D eigenvalue weighted by atomic mass is 127. The molecule has 0 saturated heterocycles. The fourth-order valence-corrected chi connectivity index (χ4v) is 2.38. The first-order chi connectivity index (χ1) is 13.3. The number of aromatic nitrogens is 1. The molecule has 0 aromatic carbocycles. The number of guanidine groups is 1. The maximum atomic E-state index is 11.6. The number of hydrogen-bond donors (Lipinski definition) is 3. The van der Waals surface area contributed by atoms with E-state index >= 15 is 0 Å². The van der Waals surface area contributed by atoms with Crippen molar-refractivity contribution in [2.45, 2.75) is 59.1 Å². The van der Waals surface area contributed by atoms with Crippen LogP contribution in [0.15, 0.2) is 34.2 Å². The van der Waals surface area contributed by atoms with Gasteiger partial charge in [-0.15, -0.1) is 24.0 Å². The second-order valence-corrected chi connectivity index (χ2v) is 7.41. The lowest BCUT2D eigenvalue weighted by Crippen LogP contribution is -2.38. The largest absolute Gasteiger partial charge is 0.444 e. The van der Waals surface area contributed by atoms with Gasteiger partial charge in [-0.1, -0.05) is 6.07 Å². The number of rotatable bonds is 10. The molecule has 0 saturated carbocycles. The standard InChI is InChI=1S/C20H35N5O3.HI/c1-5-21-18(23-13-10-14-24-19(27)28-20(2,3)4)22-12-7-9-16-25-15-8-6-11-17(25)26;/h6,8,11,15H,5,7,9-10,12-14,16H2,1-4H3,(H,24,27)(H2,21,22,23);1H. The van der Waals surface area contributed by atoms with Gasteiger partial charge in [-0.05, 0) is 53.0 Å². The predicted octanol–water partition coefficient (Wildman–Crippen LogP) is 2.72. The molecule has 29 heavy (non-hydrogen) atoms. The normalized spacial score (nSPS) is 11.4. The minimum absolute atomic E-state index is 0. The molecule has 0 radical (unpaired) electrons. The third kappa shape index (κ3) is 13.9. The fraction of sp³-hybridized carbons (Fsp3) is 0.650. The summed E-state index contributed by atoms with van der Waals surface area (Å²) in [6, 6.07) is 5.20. The molecule has 1 amide bonds. The molecule has 1 rings (SSSR count). The highest BCUT2D eigenvalue weighted by Gasteiger charge is 2.15. The number of nitrogens with one attached hydrogen (secondary N) is 3. The molecule has 0 unspecified atom stereocenters. The monoisotopic (exact) mass is 521 g/mol. The summed E-state index contributed by atoms with van der Waals surface area (Å²) in [6.45, 7) is 10.9. The Hall–Kier alpha value is -1.78. The molecule has 0 spiro atoms. The number of carbonyl (C=O) groups is 1. The van der Waals surface area contributed by atoms with Crippen molar-refractivity contribution in [1.29, 1.82) is 0 Å². The van der Waals surface area contributed by atoms with Gasteiger partial charge in [0.05, 0.1) is 0 Å². The van der Waals surface area contributed by atoms with E-state index < -0.39 is 11.7 Å². The molecular weight excluding hydrogens is 485 g/mol. The average Bonchev–Trinajstić information content (AvgIpc) is 2.61. The van der Waals surface area contributed by atoms with Crippen molar-refractivity contribution in [3.8, 4) is 0 Å². The lowest BCUT2D eigenvalue weighted by Gasteiger charge is -2.19. The van der Waals surface area contributed by atoms with E-state index in [0.29, 0.717) is 19.6 Å². The van der Waals surface area contributed by atoms with E-state index in [-0.39, 0.29) is 29.5 Å². The first-order valence-electron chi connectivity index (χ1n) is 9.96. The van der Waals surface area contributed by atoms with Crippen LogP contribution in [0.3, 0.4) is 0 Å². The highest BCUT2D eigenvalue weighted by molar-refractivity contribution is 14.0. The van der Waals surface area contributed by atoms with Crippen molar-refractivity contribution >= 4 is 36.0 Å². The zero-order chi connectivity index (χ0) is 20.8. The number of halogens is 1. The van der Waals surface area contributed by atoms with Gasteiger partial charge in [0.1, 0.15) is 5.60 Å². The van der Waals surface area contributed by atoms with Crippen LogP contribution in [0.25, 0.3) is 0 Å². The molecule has 0 fully saturated rings. The molecule has 0 atom stereocenters. The van der Waals surface area contributed by atoms with Crippen molar-refractivity contribution in [1.82, 2.24) is 20.5 Å². The highest BCUT2D eigenvalue weighted by Crippen LogP contribution is 2.06. The number of aryl methyl sites for hydroxylation is 1. The summed E-state index contributed by atoms with van der Waals surface area (Å²) in [5.74, 6) is 0.761. The van der Waals surface area contributed by atoms with Crippen molar-refractivity contribution in [2.75, 3.05) is 26.2 Å². The second-order valence-electron chi connectivity index (χ2n) is 7.41. The lowest BCUT2D eigenvalue weighted by molar-refractivity contribution is 0.0527. The van der Waals surface area contributed by atoms with Crippen molar-refractivity contribution in [3.05, 3.63) is 34.7 Å². The first-order valence-corrected chi connectivity index (χ1v) is 9.96. The van der Waals surface area contributed by atoms with Gasteiger partial charge in [-0.2, -0.15) is 0 Å². The van der Waals surface area contributed by atoms with Crippen molar-refractivity contribution < 1.29 is 9.53 Å². The molecule has 0 aliphatic rings. The summed E-state index contributed by atoms with van der Waals surface area (Å²) in [7, 11) is 0. The van der Waals surface area contributed by atoms with Crippen LogP contribution in [-0.2, 0) is 11.3 Å². The van der Waals surface area contributed by atoms with Gasteiger partial charge in [-0.25, -0.2) is 4.79 Å². The summed E-state index contributed by atoms with van der Waals surface area (Å²) in [6.07, 6.45) is 3.99. The zero-order valence-electron chi connectivity index (χ0n) is 18.0. The summed E-state index contributed by atoms with van der Waals surface area (Å²) in [5, 5.41) is 9.22. The molecule has 0 aliphatic heterocycles. The number of alkyl carbamates (subject to hydrolysis) is 1. The molecule has 3 N–H and O–H groups in total. The van der Waals surface area contributed by atoms with Crippen LogP contribution < -0.4 is 21.5 Å². The van der Waals surface area contributed by atoms with Gasteiger partial charge in [0.2, 0.25) is 5.56 Å². The van der Waals surface area contributed by atoms with E-state index in [1.807, 2.05) is 40.0 Å². The first kappa shape index (κ1) is 27.2. The minimum atomic E-state index is -0.487. The summed E-state index contributed by atoms with van der Waals surface area (Å²) in [5.41, 5.74) is -0.455. The molecule has 1 aromatic heterocycles. The van der Waals surface area contributed by atoms with E-state index in [1.54, 1.807) is 16.7 Å². The molecular formula is C20H36IN5O3. The van der Waals surface area contributed by atoms with Gasteiger partial charge < -0.3 is 25.3 Å². The summed E-state index contributed by atoms with van der Waals surface area (Å²) >= 11 is 0. The van der Waals surface area contributed by atoms with Gasteiger partial charge >= 0.3 is 6.09 Å². The Balaban J connectivity index is 0.00000784. The van der Waals surface area contributed by atoms with E-state index in [0.717, 1.165) is 38.3 Å². The molecule has 166 valence electrons. The fourth-order valence-electron chi connectivity index (χ4n) is 2.38. The number of nitrogens with zero attached hydrogens (tertiary/aromatic N) is 2. The van der Waals surface area contributed by atoms with E-state index in [4.69, 9.17) is 4.74 Å². The van der Waals surface area contributed by atoms with Crippen LogP contribution in [0.2, 0.25) is 0 Å². The second kappa shape index (κ2) is 15.1. The van der Waals surface area contributed by atoms with E-state index in [1.165, 1.54) is 0 Å². The minimum Gasteiger partial charge on any atom is -0.444 e. The number of pyridine rings is 1. The Morgan fingerprint density at radius 2 is 1.83 bits per heavy atom. The lowest BCUT2D eigenvalue weighted by atomic mass is 10.2. The van der Waals surface area contributed by atoms with Crippen LogP contribution >= 0.6 is 24.0 Å². The number of amides is 1. The molecule has 0 bridgehead atoms. The van der Waals surface area contributed by atoms with E-state index in [2.05, 4.69) is 20.9 Å². The number of hydrogen-bond acceptors (Lipinski definition) is 4.